The van der Waals surface area contributed by atoms with Crippen molar-refractivity contribution in [2.75, 3.05) is 26.3 Å². The van der Waals surface area contributed by atoms with Crippen LogP contribution in [0.15, 0.2) is 35.2 Å². The highest BCUT2D eigenvalue weighted by Gasteiger charge is 2.19. The number of aryl methyl sites for hydroxylation is 2. The Balaban J connectivity index is 1.71. The van der Waals surface area contributed by atoms with Crippen molar-refractivity contribution < 1.29 is 13.2 Å². The van der Waals surface area contributed by atoms with Crippen LogP contribution < -0.4 is 4.72 Å². The Morgan fingerprint density at radius 3 is 2.48 bits per heavy atom. The molecule has 1 aliphatic heterocycles. The Morgan fingerprint density at radius 1 is 1.16 bits per heavy atom. The number of ether oxygens (including phenoxy) is 1. The molecule has 136 valence electrons. The molecule has 3 rings (SSSR count). The van der Waals surface area contributed by atoms with Gasteiger partial charge in [0.2, 0.25) is 10.0 Å². The molecule has 0 aliphatic carbocycles. The first-order valence-electron chi connectivity index (χ1n) is 8.39. The fraction of sp³-hybridized carbons (Fsp3) is 0.444. The van der Waals surface area contributed by atoms with Crippen LogP contribution in [-0.4, -0.2) is 39.6 Å². The van der Waals surface area contributed by atoms with E-state index in [0.29, 0.717) is 11.4 Å². The Bertz CT molecular complexity index is 825. The summed E-state index contributed by atoms with van der Waals surface area (Å²) in [6.07, 6.45) is 0. The van der Waals surface area contributed by atoms with Crippen LogP contribution in [0.4, 0.5) is 0 Å². The van der Waals surface area contributed by atoms with E-state index in [1.807, 2.05) is 32.0 Å². The van der Waals surface area contributed by atoms with E-state index >= 15 is 0 Å². The second kappa shape index (κ2) is 7.97. The standard InChI is InChI=1S/C18H24N2O3S2/c1-14-11-18(15(2)24-14)25(21,22)19-12-16-5-3-4-6-17(16)13-20-7-9-23-10-8-20/h3-6,11,19H,7-10,12-13H2,1-2H3. The van der Waals surface area contributed by atoms with Crippen LogP contribution in [0.3, 0.4) is 0 Å². The topological polar surface area (TPSA) is 58.6 Å². The van der Waals surface area contributed by atoms with Crippen LogP contribution >= 0.6 is 11.3 Å². The summed E-state index contributed by atoms with van der Waals surface area (Å²) in [7, 11) is -3.49. The van der Waals surface area contributed by atoms with Crippen LogP contribution in [0, 0.1) is 13.8 Å². The Hall–Kier alpha value is -1.25. The molecule has 0 saturated carbocycles. The van der Waals surface area contributed by atoms with Gasteiger partial charge in [0.25, 0.3) is 0 Å². The SMILES string of the molecule is Cc1cc(S(=O)(=O)NCc2ccccc2CN2CCOCC2)c(C)s1. The van der Waals surface area contributed by atoms with Crippen molar-refractivity contribution >= 4 is 21.4 Å². The summed E-state index contributed by atoms with van der Waals surface area (Å²) in [6, 6.07) is 9.75. The summed E-state index contributed by atoms with van der Waals surface area (Å²) in [6.45, 7) is 8.22. The van der Waals surface area contributed by atoms with Crippen molar-refractivity contribution in [1.29, 1.82) is 0 Å². The molecule has 2 aromatic rings. The summed E-state index contributed by atoms with van der Waals surface area (Å²) in [4.78, 5) is 4.56. The molecule has 1 fully saturated rings. The van der Waals surface area contributed by atoms with Crippen LogP contribution in [0.5, 0.6) is 0 Å². The summed E-state index contributed by atoms with van der Waals surface area (Å²) in [5.41, 5.74) is 2.17. The van der Waals surface area contributed by atoms with Crippen LogP contribution in [0.2, 0.25) is 0 Å². The van der Waals surface area contributed by atoms with E-state index in [9.17, 15) is 8.42 Å². The molecule has 5 nitrogen and oxygen atoms in total. The van der Waals surface area contributed by atoms with Gasteiger partial charge in [0, 0.05) is 35.9 Å². The molecule has 1 aromatic carbocycles. The van der Waals surface area contributed by atoms with Gasteiger partial charge in [-0.05, 0) is 31.0 Å². The lowest BCUT2D eigenvalue weighted by Crippen LogP contribution is -2.36. The number of benzene rings is 1. The molecule has 1 aromatic heterocycles. The number of rotatable bonds is 6. The summed E-state index contributed by atoms with van der Waals surface area (Å²) in [5.74, 6) is 0. The van der Waals surface area contributed by atoms with Gasteiger partial charge in [-0.3, -0.25) is 4.90 Å². The van der Waals surface area contributed by atoms with Gasteiger partial charge < -0.3 is 4.74 Å². The maximum absolute atomic E-state index is 12.6. The first-order chi connectivity index (χ1) is 12.0. The Kier molecular flexibility index (Phi) is 5.91. The lowest BCUT2D eigenvalue weighted by molar-refractivity contribution is 0.0341. The Labute approximate surface area is 153 Å². The summed E-state index contributed by atoms with van der Waals surface area (Å²) < 4.78 is 33.4. The highest BCUT2D eigenvalue weighted by atomic mass is 32.2. The summed E-state index contributed by atoms with van der Waals surface area (Å²) >= 11 is 1.51. The number of morpholine rings is 1. The average molecular weight is 381 g/mol. The second-order valence-electron chi connectivity index (χ2n) is 6.26. The van der Waals surface area contributed by atoms with E-state index in [1.54, 1.807) is 6.07 Å². The molecule has 0 unspecified atom stereocenters. The van der Waals surface area contributed by atoms with Gasteiger partial charge in [0.1, 0.15) is 0 Å². The molecule has 2 heterocycles. The van der Waals surface area contributed by atoms with Crippen LogP contribution in [0.25, 0.3) is 0 Å². The first-order valence-corrected chi connectivity index (χ1v) is 10.7. The van der Waals surface area contributed by atoms with Crippen LogP contribution in [-0.2, 0) is 27.8 Å². The fourth-order valence-electron chi connectivity index (χ4n) is 3.01. The van der Waals surface area contributed by atoms with E-state index in [4.69, 9.17) is 4.74 Å². The van der Waals surface area contributed by atoms with Crippen molar-refractivity contribution in [3.8, 4) is 0 Å². The minimum absolute atomic E-state index is 0.303. The molecule has 0 spiro atoms. The monoisotopic (exact) mass is 380 g/mol. The third-order valence-corrected chi connectivity index (χ3v) is 6.98. The lowest BCUT2D eigenvalue weighted by Gasteiger charge is -2.27. The number of nitrogens with zero attached hydrogens (tertiary/aromatic N) is 1. The van der Waals surface area contributed by atoms with Gasteiger partial charge in [0.15, 0.2) is 0 Å². The average Bonchev–Trinajstić information content (AvgIpc) is 2.94. The van der Waals surface area contributed by atoms with E-state index in [0.717, 1.165) is 53.7 Å². The van der Waals surface area contributed by atoms with Crippen molar-refractivity contribution in [2.24, 2.45) is 0 Å². The molecule has 0 radical (unpaired) electrons. The van der Waals surface area contributed by atoms with Crippen molar-refractivity contribution in [3.05, 3.63) is 51.2 Å². The highest BCUT2D eigenvalue weighted by molar-refractivity contribution is 7.89. The van der Waals surface area contributed by atoms with Gasteiger partial charge in [-0.25, -0.2) is 13.1 Å². The minimum atomic E-state index is -3.49. The second-order valence-corrected chi connectivity index (χ2v) is 9.46. The van der Waals surface area contributed by atoms with Crippen LogP contribution in [0.1, 0.15) is 20.9 Å². The zero-order valence-electron chi connectivity index (χ0n) is 14.6. The zero-order chi connectivity index (χ0) is 17.9. The number of sulfonamides is 1. The highest BCUT2D eigenvalue weighted by Crippen LogP contribution is 2.25. The fourth-order valence-corrected chi connectivity index (χ4v) is 5.57. The van der Waals surface area contributed by atoms with E-state index in [1.165, 1.54) is 11.3 Å². The van der Waals surface area contributed by atoms with Gasteiger partial charge in [-0.2, -0.15) is 0 Å². The smallest absolute Gasteiger partial charge is 0.241 e. The van der Waals surface area contributed by atoms with E-state index in [-0.39, 0.29) is 0 Å². The summed E-state index contributed by atoms with van der Waals surface area (Å²) in [5, 5.41) is 0. The predicted octanol–water partition coefficient (Wildman–Crippen LogP) is 2.68. The third kappa shape index (κ3) is 4.68. The maximum atomic E-state index is 12.6. The van der Waals surface area contributed by atoms with Crippen molar-refractivity contribution in [3.63, 3.8) is 0 Å². The van der Waals surface area contributed by atoms with Gasteiger partial charge in [-0.1, -0.05) is 24.3 Å². The van der Waals surface area contributed by atoms with Gasteiger partial charge in [-0.15, -0.1) is 11.3 Å². The molecule has 0 atom stereocenters. The molecule has 0 amide bonds. The lowest BCUT2D eigenvalue weighted by atomic mass is 10.1. The normalized spacial score (nSPS) is 16.2. The molecule has 1 saturated heterocycles. The zero-order valence-corrected chi connectivity index (χ0v) is 16.3. The number of thiophene rings is 1. The molecular weight excluding hydrogens is 356 g/mol. The Morgan fingerprint density at radius 2 is 1.84 bits per heavy atom. The number of nitrogens with one attached hydrogen (secondary N) is 1. The number of hydrogen-bond acceptors (Lipinski definition) is 5. The van der Waals surface area contributed by atoms with Crippen molar-refractivity contribution in [2.45, 2.75) is 31.8 Å². The molecule has 25 heavy (non-hydrogen) atoms. The molecular formula is C18H24N2O3S2. The number of hydrogen-bond donors (Lipinski definition) is 1. The van der Waals surface area contributed by atoms with E-state index < -0.39 is 10.0 Å². The maximum Gasteiger partial charge on any atom is 0.241 e. The first kappa shape index (κ1) is 18.5. The van der Waals surface area contributed by atoms with Gasteiger partial charge in [0.05, 0.1) is 18.1 Å². The quantitative estimate of drug-likeness (QED) is 0.837. The molecule has 0 bridgehead atoms. The van der Waals surface area contributed by atoms with E-state index in [2.05, 4.69) is 15.7 Å². The van der Waals surface area contributed by atoms with Crippen molar-refractivity contribution in [1.82, 2.24) is 9.62 Å². The molecule has 1 aliphatic rings. The predicted molar refractivity (Wildman–Crippen MR) is 100 cm³/mol. The molecule has 7 heteroatoms. The van der Waals surface area contributed by atoms with Gasteiger partial charge >= 0.3 is 0 Å². The molecule has 1 N–H and O–H groups in total. The largest absolute Gasteiger partial charge is 0.379 e. The third-order valence-electron chi connectivity index (χ3n) is 4.35. The minimum Gasteiger partial charge on any atom is -0.379 e.